The maximum atomic E-state index is 12.0. The van der Waals surface area contributed by atoms with Crippen molar-refractivity contribution in [2.24, 2.45) is 0 Å². The summed E-state index contributed by atoms with van der Waals surface area (Å²) in [6.07, 6.45) is 0. The van der Waals surface area contributed by atoms with Crippen molar-refractivity contribution in [2.75, 3.05) is 7.11 Å². The first-order valence-electron chi connectivity index (χ1n) is 8.91. The van der Waals surface area contributed by atoms with Crippen LogP contribution in [-0.2, 0) is 12.3 Å². The third-order valence-corrected chi connectivity index (χ3v) is 5.47. The highest BCUT2D eigenvalue weighted by Gasteiger charge is 2.14. The maximum absolute atomic E-state index is 12.0. The van der Waals surface area contributed by atoms with Crippen molar-refractivity contribution in [3.63, 3.8) is 0 Å². The van der Waals surface area contributed by atoms with Crippen LogP contribution in [0.5, 0.6) is 5.75 Å². The lowest BCUT2D eigenvalue weighted by Crippen LogP contribution is -2.02. The average Bonchev–Trinajstić information content (AvgIpc) is 3.14. The monoisotopic (exact) mass is 393 g/mol. The first kappa shape index (κ1) is 18.3. The smallest absolute Gasteiger partial charge is 0.336 e. The van der Waals surface area contributed by atoms with E-state index in [-0.39, 0.29) is 5.63 Å². The number of ether oxygens (including phenoxy) is 1. The number of aromatic nitrogens is 3. The van der Waals surface area contributed by atoms with E-state index >= 15 is 0 Å². The number of thioether (sulfide) groups is 1. The highest BCUT2D eigenvalue weighted by Crippen LogP contribution is 2.29. The molecule has 0 saturated carbocycles. The predicted molar refractivity (Wildman–Crippen MR) is 110 cm³/mol. The molecule has 142 valence electrons. The lowest BCUT2D eigenvalue weighted by atomic mass is 10.1. The Morgan fingerprint density at radius 2 is 1.93 bits per heavy atom. The highest BCUT2D eigenvalue weighted by atomic mass is 32.2. The summed E-state index contributed by atoms with van der Waals surface area (Å²) in [6, 6.07) is 17.0. The SMILES string of the molecule is CCn1c(SCc2cc(=O)oc3cc(OC)ccc23)nnc1-c1ccccc1. The van der Waals surface area contributed by atoms with Crippen LogP contribution in [0, 0.1) is 0 Å². The molecule has 0 saturated heterocycles. The fourth-order valence-corrected chi connectivity index (χ4v) is 4.07. The molecule has 28 heavy (non-hydrogen) atoms. The summed E-state index contributed by atoms with van der Waals surface area (Å²) < 4.78 is 12.6. The normalized spacial score (nSPS) is 11.1. The van der Waals surface area contributed by atoms with E-state index in [1.807, 2.05) is 42.5 Å². The van der Waals surface area contributed by atoms with Crippen LogP contribution in [0.2, 0.25) is 0 Å². The third kappa shape index (κ3) is 3.53. The Kier molecular flexibility index (Phi) is 5.16. The largest absolute Gasteiger partial charge is 0.497 e. The van der Waals surface area contributed by atoms with E-state index in [0.29, 0.717) is 17.1 Å². The fourth-order valence-electron chi connectivity index (χ4n) is 3.08. The molecule has 0 unspecified atom stereocenters. The topological polar surface area (TPSA) is 70.2 Å². The van der Waals surface area contributed by atoms with Gasteiger partial charge in [0.1, 0.15) is 11.3 Å². The molecule has 0 N–H and O–H groups in total. The molecule has 7 heteroatoms. The van der Waals surface area contributed by atoms with Crippen molar-refractivity contribution in [3.05, 3.63) is 70.6 Å². The van der Waals surface area contributed by atoms with Gasteiger partial charge in [-0.25, -0.2) is 4.79 Å². The quantitative estimate of drug-likeness (QED) is 0.358. The average molecular weight is 393 g/mol. The highest BCUT2D eigenvalue weighted by molar-refractivity contribution is 7.98. The van der Waals surface area contributed by atoms with E-state index in [0.717, 1.165) is 34.0 Å². The third-order valence-electron chi connectivity index (χ3n) is 4.46. The minimum atomic E-state index is -0.377. The van der Waals surface area contributed by atoms with Gasteiger partial charge in [-0.2, -0.15) is 0 Å². The minimum Gasteiger partial charge on any atom is -0.497 e. The van der Waals surface area contributed by atoms with E-state index < -0.39 is 0 Å². The first-order valence-corrected chi connectivity index (χ1v) is 9.90. The van der Waals surface area contributed by atoms with E-state index in [2.05, 4.69) is 21.7 Å². The van der Waals surface area contributed by atoms with Crippen LogP contribution in [0.15, 0.2) is 69.0 Å². The Morgan fingerprint density at radius 3 is 2.68 bits per heavy atom. The summed E-state index contributed by atoms with van der Waals surface area (Å²) in [5, 5.41) is 10.4. The molecule has 0 aliphatic rings. The number of methoxy groups -OCH3 is 1. The van der Waals surface area contributed by atoms with Gasteiger partial charge in [0, 0.05) is 35.4 Å². The molecule has 0 fully saturated rings. The molecule has 6 nitrogen and oxygen atoms in total. The Hall–Kier alpha value is -3.06. The first-order chi connectivity index (χ1) is 13.7. The molecule has 0 aliphatic heterocycles. The van der Waals surface area contributed by atoms with Crippen molar-refractivity contribution in [3.8, 4) is 17.1 Å². The number of hydrogen-bond acceptors (Lipinski definition) is 6. The van der Waals surface area contributed by atoms with Crippen molar-refractivity contribution < 1.29 is 9.15 Å². The van der Waals surface area contributed by atoms with Crippen LogP contribution in [0.1, 0.15) is 12.5 Å². The minimum absolute atomic E-state index is 0.377. The van der Waals surface area contributed by atoms with Gasteiger partial charge in [-0.15, -0.1) is 10.2 Å². The summed E-state index contributed by atoms with van der Waals surface area (Å²) in [7, 11) is 1.58. The van der Waals surface area contributed by atoms with Crippen molar-refractivity contribution in [2.45, 2.75) is 24.4 Å². The molecule has 0 atom stereocenters. The summed E-state index contributed by atoms with van der Waals surface area (Å²) in [4.78, 5) is 12.0. The second-order valence-corrected chi connectivity index (χ2v) is 7.10. The van der Waals surface area contributed by atoms with Gasteiger partial charge < -0.3 is 13.7 Å². The van der Waals surface area contributed by atoms with Crippen molar-refractivity contribution in [1.29, 1.82) is 0 Å². The number of nitrogens with zero attached hydrogens (tertiary/aromatic N) is 3. The molecule has 0 spiro atoms. The van der Waals surface area contributed by atoms with Crippen LogP contribution < -0.4 is 10.4 Å². The van der Waals surface area contributed by atoms with Gasteiger partial charge in [-0.05, 0) is 24.6 Å². The van der Waals surface area contributed by atoms with E-state index in [9.17, 15) is 4.79 Å². The second-order valence-electron chi connectivity index (χ2n) is 6.16. The molecular weight excluding hydrogens is 374 g/mol. The molecule has 2 heterocycles. The summed E-state index contributed by atoms with van der Waals surface area (Å²) in [5.74, 6) is 2.08. The van der Waals surface area contributed by atoms with Gasteiger partial charge in [0.25, 0.3) is 0 Å². The standard InChI is InChI=1S/C21H19N3O3S/c1-3-24-20(14-7-5-4-6-8-14)22-23-21(24)28-13-15-11-19(25)27-18-12-16(26-2)9-10-17(15)18/h4-12H,3,13H2,1-2H3. The Balaban J connectivity index is 1.65. The van der Waals surface area contributed by atoms with E-state index in [4.69, 9.17) is 9.15 Å². The Bertz CT molecular complexity index is 1170. The molecule has 0 aliphatic carbocycles. The zero-order valence-electron chi connectivity index (χ0n) is 15.6. The lowest BCUT2D eigenvalue weighted by Gasteiger charge is -2.09. The number of hydrogen-bond donors (Lipinski definition) is 0. The van der Waals surface area contributed by atoms with Crippen LogP contribution in [0.25, 0.3) is 22.4 Å². The van der Waals surface area contributed by atoms with Crippen molar-refractivity contribution >= 4 is 22.7 Å². The van der Waals surface area contributed by atoms with E-state index in [1.165, 1.54) is 6.07 Å². The number of rotatable bonds is 6. The Labute approximate surface area is 166 Å². The number of benzene rings is 2. The van der Waals surface area contributed by atoms with Gasteiger partial charge in [0.15, 0.2) is 11.0 Å². The molecule has 4 aromatic rings. The van der Waals surface area contributed by atoms with Crippen LogP contribution in [0.3, 0.4) is 0 Å². The van der Waals surface area contributed by atoms with Crippen LogP contribution in [0.4, 0.5) is 0 Å². The molecule has 0 bridgehead atoms. The van der Waals surface area contributed by atoms with Crippen LogP contribution in [-0.4, -0.2) is 21.9 Å². The molecule has 0 amide bonds. The molecule has 2 aromatic heterocycles. The zero-order chi connectivity index (χ0) is 19.5. The van der Waals surface area contributed by atoms with Gasteiger partial charge in [-0.1, -0.05) is 42.1 Å². The lowest BCUT2D eigenvalue weighted by molar-refractivity contribution is 0.414. The van der Waals surface area contributed by atoms with E-state index in [1.54, 1.807) is 24.9 Å². The molecule has 4 rings (SSSR count). The van der Waals surface area contributed by atoms with Gasteiger partial charge in [0.2, 0.25) is 0 Å². The molecular formula is C21H19N3O3S. The van der Waals surface area contributed by atoms with Gasteiger partial charge in [0.05, 0.1) is 7.11 Å². The summed E-state index contributed by atoms with van der Waals surface area (Å²) >= 11 is 1.55. The predicted octanol–water partition coefficient (Wildman–Crippen LogP) is 4.37. The summed E-state index contributed by atoms with van der Waals surface area (Å²) in [5.41, 5.74) is 2.06. The number of fused-ring (bicyclic) bond motifs is 1. The maximum Gasteiger partial charge on any atom is 0.336 e. The van der Waals surface area contributed by atoms with Crippen LogP contribution >= 0.6 is 11.8 Å². The zero-order valence-corrected chi connectivity index (χ0v) is 16.4. The Morgan fingerprint density at radius 1 is 1.11 bits per heavy atom. The van der Waals surface area contributed by atoms with Gasteiger partial charge >= 0.3 is 5.63 Å². The fraction of sp³-hybridized carbons (Fsp3) is 0.190. The van der Waals surface area contributed by atoms with Gasteiger partial charge in [-0.3, -0.25) is 0 Å². The molecule has 2 aromatic carbocycles. The molecule has 0 radical (unpaired) electrons. The summed E-state index contributed by atoms with van der Waals surface area (Å²) in [6.45, 7) is 2.83. The van der Waals surface area contributed by atoms with Crippen molar-refractivity contribution in [1.82, 2.24) is 14.8 Å². The second kappa shape index (κ2) is 7.90.